The molecule has 3 aromatic heterocycles. The van der Waals surface area contributed by atoms with Crippen LogP contribution in [0.15, 0.2) is 41.6 Å². The van der Waals surface area contributed by atoms with Gasteiger partial charge in [-0.3, -0.25) is 4.68 Å². The van der Waals surface area contributed by atoms with Crippen molar-refractivity contribution in [2.75, 3.05) is 19.6 Å². The van der Waals surface area contributed by atoms with Crippen molar-refractivity contribution < 1.29 is 4.74 Å². The first-order valence-electron chi connectivity index (χ1n) is 10.5. The summed E-state index contributed by atoms with van der Waals surface area (Å²) in [6, 6.07) is 8.55. The maximum absolute atomic E-state index is 6.45. The van der Waals surface area contributed by atoms with E-state index in [1.54, 1.807) is 22.8 Å². The molecule has 166 valence electrons. The summed E-state index contributed by atoms with van der Waals surface area (Å²) in [6.07, 6.45) is 3.49. The van der Waals surface area contributed by atoms with Crippen LogP contribution in [0, 0.1) is 6.92 Å². The minimum absolute atomic E-state index is 0.420. The molecule has 1 aliphatic rings. The van der Waals surface area contributed by atoms with Crippen molar-refractivity contribution in [2.24, 2.45) is 7.05 Å². The SMILES string of the molecule is Cc1nn(C)cc1-c1nc2ncc(Cl)c(Oc3ccc(SN4CCNCC4C)cc3)c2[nH]1. The Morgan fingerprint density at radius 2 is 2.06 bits per heavy atom. The van der Waals surface area contributed by atoms with Gasteiger partial charge in [0.05, 0.1) is 17.5 Å². The van der Waals surface area contributed by atoms with E-state index in [-0.39, 0.29) is 0 Å². The summed E-state index contributed by atoms with van der Waals surface area (Å²) in [6.45, 7) is 7.22. The molecule has 32 heavy (non-hydrogen) atoms. The number of aromatic amines is 1. The van der Waals surface area contributed by atoms with Crippen molar-refractivity contribution in [1.29, 1.82) is 0 Å². The normalized spacial score (nSPS) is 17.2. The number of halogens is 1. The number of ether oxygens (including phenoxy) is 1. The summed E-state index contributed by atoms with van der Waals surface area (Å²) in [5.41, 5.74) is 2.99. The van der Waals surface area contributed by atoms with Crippen LogP contribution in [-0.4, -0.2) is 54.7 Å². The van der Waals surface area contributed by atoms with Gasteiger partial charge in [-0.25, -0.2) is 14.3 Å². The molecule has 0 amide bonds. The van der Waals surface area contributed by atoms with E-state index in [2.05, 4.69) is 48.7 Å². The third-order valence-corrected chi connectivity index (χ3v) is 6.93. The standard InChI is InChI=1S/C22H24ClN7OS/c1-13-10-24-8-9-30(13)32-16-6-4-15(5-7-16)31-20-18(23)11-25-22-19(20)26-21(27-22)17-12-29(3)28-14(17)2/h4-7,11-13,24H,8-10H2,1-3H3,(H,25,26,27). The highest BCUT2D eigenvalue weighted by molar-refractivity contribution is 7.97. The number of nitrogens with one attached hydrogen (secondary N) is 2. The molecule has 2 N–H and O–H groups in total. The van der Waals surface area contributed by atoms with Crippen LogP contribution in [0.5, 0.6) is 11.5 Å². The van der Waals surface area contributed by atoms with E-state index in [4.69, 9.17) is 16.3 Å². The molecule has 1 saturated heterocycles. The molecule has 0 radical (unpaired) electrons. The zero-order chi connectivity index (χ0) is 22.2. The van der Waals surface area contributed by atoms with Gasteiger partial charge in [0.1, 0.15) is 22.1 Å². The number of hydrogen-bond acceptors (Lipinski definition) is 7. The largest absolute Gasteiger partial charge is 0.453 e. The van der Waals surface area contributed by atoms with Crippen molar-refractivity contribution in [3.8, 4) is 22.9 Å². The maximum Gasteiger partial charge on any atom is 0.182 e. The van der Waals surface area contributed by atoms with E-state index in [0.717, 1.165) is 30.9 Å². The zero-order valence-corrected chi connectivity index (χ0v) is 19.7. The Morgan fingerprint density at radius 3 is 2.78 bits per heavy atom. The second-order valence-electron chi connectivity index (χ2n) is 7.88. The first-order valence-corrected chi connectivity index (χ1v) is 11.6. The number of benzene rings is 1. The van der Waals surface area contributed by atoms with Crippen molar-refractivity contribution in [2.45, 2.75) is 24.8 Å². The summed E-state index contributed by atoms with van der Waals surface area (Å²) >= 11 is 8.23. The molecular formula is C22H24ClN7OS. The predicted molar refractivity (Wildman–Crippen MR) is 127 cm³/mol. The molecule has 1 aromatic carbocycles. The lowest BCUT2D eigenvalue weighted by Crippen LogP contribution is -2.46. The molecule has 1 atom stereocenters. The molecule has 0 aliphatic carbocycles. The summed E-state index contributed by atoms with van der Waals surface area (Å²) in [5, 5.41) is 8.23. The zero-order valence-electron chi connectivity index (χ0n) is 18.1. The maximum atomic E-state index is 6.45. The highest BCUT2D eigenvalue weighted by Gasteiger charge is 2.20. The van der Waals surface area contributed by atoms with Gasteiger partial charge >= 0.3 is 0 Å². The Labute approximate surface area is 195 Å². The highest BCUT2D eigenvalue weighted by Crippen LogP contribution is 2.37. The average Bonchev–Trinajstić information content (AvgIpc) is 3.35. The van der Waals surface area contributed by atoms with Crippen LogP contribution in [0.1, 0.15) is 12.6 Å². The first-order chi connectivity index (χ1) is 15.5. The number of fused-ring (bicyclic) bond motifs is 1. The van der Waals surface area contributed by atoms with Gasteiger partial charge in [-0.15, -0.1) is 0 Å². The Morgan fingerprint density at radius 1 is 1.25 bits per heavy atom. The molecule has 0 bridgehead atoms. The van der Waals surface area contributed by atoms with Crippen molar-refractivity contribution >= 4 is 34.7 Å². The lowest BCUT2D eigenvalue weighted by atomic mass is 10.2. The molecule has 10 heteroatoms. The smallest absolute Gasteiger partial charge is 0.182 e. The average molecular weight is 470 g/mol. The lowest BCUT2D eigenvalue weighted by Gasteiger charge is -2.32. The summed E-state index contributed by atoms with van der Waals surface area (Å²) in [7, 11) is 1.88. The van der Waals surface area contributed by atoms with E-state index in [1.807, 2.05) is 32.3 Å². The molecule has 4 aromatic rings. The summed E-state index contributed by atoms with van der Waals surface area (Å²) in [4.78, 5) is 13.5. The Bertz CT molecular complexity index is 1250. The molecule has 5 rings (SSSR count). The number of rotatable bonds is 5. The van der Waals surface area contributed by atoms with E-state index < -0.39 is 0 Å². The van der Waals surface area contributed by atoms with Crippen LogP contribution in [0.4, 0.5) is 0 Å². The van der Waals surface area contributed by atoms with Gasteiger partial charge in [0.25, 0.3) is 0 Å². The molecule has 1 fully saturated rings. The van der Waals surface area contributed by atoms with Crippen LogP contribution < -0.4 is 10.1 Å². The predicted octanol–water partition coefficient (Wildman–Crippen LogP) is 4.41. The third-order valence-electron chi connectivity index (χ3n) is 5.40. The molecule has 4 heterocycles. The number of aromatic nitrogens is 5. The van der Waals surface area contributed by atoms with Gasteiger partial charge in [-0.05, 0) is 50.1 Å². The number of aryl methyl sites for hydroxylation is 2. The fourth-order valence-electron chi connectivity index (χ4n) is 3.75. The van der Waals surface area contributed by atoms with Gasteiger partial charge in [-0.2, -0.15) is 5.10 Å². The second kappa shape index (κ2) is 8.74. The van der Waals surface area contributed by atoms with E-state index in [9.17, 15) is 0 Å². The summed E-state index contributed by atoms with van der Waals surface area (Å²) in [5.74, 6) is 1.89. The minimum Gasteiger partial charge on any atom is -0.453 e. The molecule has 0 saturated carbocycles. The van der Waals surface area contributed by atoms with Crippen LogP contribution in [0.2, 0.25) is 5.02 Å². The monoisotopic (exact) mass is 469 g/mol. The molecule has 1 unspecified atom stereocenters. The Kier molecular flexibility index (Phi) is 5.81. The number of H-pyrrole nitrogens is 1. The van der Waals surface area contributed by atoms with Gasteiger partial charge < -0.3 is 15.0 Å². The van der Waals surface area contributed by atoms with E-state index >= 15 is 0 Å². The summed E-state index contributed by atoms with van der Waals surface area (Å²) < 4.78 is 10.3. The number of nitrogens with zero attached hydrogens (tertiary/aromatic N) is 5. The topological polar surface area (TPSA) is 83.9 Å². The van der Waals surface area contributed by atoms with Gasteiger partial charge in [0, 0.05) is 43.8 Å². The van der Waals surface area contributed by atoms with Crippen LogP contribution >= 0.6 is 23.5 Å². The van der Waals surface area contributed by atoms with Crippen molar-refractivity contribution in [3.05, 3.63) is 47.4 Å². The van der Waals surface area contributed by atoms with E-state index in [0.29, 0.717) is 39.6 Å². The van der Waals surface area contributed by atoms with Gasteiger partial charge in [-0.1, -0.05) is 11.6 Å². The molecular weight excluding hydrogens is 446 g/mol. The first kappa shape index (κ1) is 21.3. The lowest BCUT2D eigenvalue weighted by molar-refractivity contribution is 0.309. The minimum atomic E-state index is 0.420. The quantitative estimate of drug-likeness (QED) is 0.419. The Hall–Kier alpha value is -2.59. The van der Waals surface area contributed by atoms with Gasteiger partial charge in [0.15, 0.2) is 11.4 Å². The number of imidazole rings is 1. The molecule has 8 nitrogen and oxygen atoms in total. The number of hydrogen-bond donors (Lipinski definition) is 2. The van der Waals surface area contributed by atoms with Crippen LogP contribution in [-0.2, 0) is 7.05 Å². The Balaban J connectivity index is 1.40. The number of piperazine rings is 1. The van der Waals surface area contributed by atoms with Gasteiger partial charge in [0.2, 0.25) is 0 Å². The molecule has 1 aliphatic heterocycles. The van der Waals surface area contributed by atoms with Crippen molar-refractivity contribution in [1.82, 2.24) is 34.4 Å². The van der Waals surface area contributed by atoms with Crippen LogP contribution in [0.3, 0.4) is 0 Å². The highest BCUT2D eigenvalue weighted by atomic mass is 35.5. The second-order valence-corrected chi connectivity index (χ2v) is 9.41. The fraction of sp³-hybridized carbons (Fsp3) is 0.318. The van der Waals surface area contributed by atoms with Crippen molar-refractivity contribution in [3.63, 3.8) is 0 Å². The third kappa shape index (κ3) is 4.21. The van der Waals surface area contributed by atoms with Crippen LogP contribution in [0.25, 0.3) is 22.6 Å². The fourth-order valence-corrected chi connectivity index (χ4v) is 4.90. The van der Waals surface area contributed by atoms with E-state index in [1.165, 1.54) is 4.90 Å². The molecule has 0 spiro atoms. The number of pyridine rings is 1.